The van der Waals surface area contributed by atoms with Gasteiger partial charge in [-0.15, -0.1) is 0 Å². The predicted molar refractivity (Wildman–Crippen MR) is 79.4 cm³/mol. The van der Waals surface area contributed by atoms with Gasteiger partial charge in [-0.25, -0.2) is 4.79 Å². The molecule has 1 aromatic carbocycles. The van der Waals surface area contributed by atoms with Gasteiger partial charge in [-0.3, -0.25) is 14.0 Å². The van der Waals surface area contributed by atoms with Crippen LogP contribution in [-0.4, -0.2) is 25.2 Å². The first-order valence-corrected chi connectivity index (χ1v) is 6.46. The van der Waals surface area contributed by atoms with Crippen molar-refractivity contribution in [2.45, 2.75) is 6.92 Å². The summed E-state index contributed by atoms with van der Waals surface area (Å²) in [6.07, 6.45) is 0. The van der Waals surface area contributed by atoms with Crippen molar-refractivity contribution >= 4 is 22.8 Å². The molecule has 0 aliphatic carbocycles. The monoisotopic (exact) mass is 285 g/mol. The van der Waals surface area contributed by atoms with Crippen LogP contribution in [0.4, 0.5) is 5.82 Å². The summed E-state index contributed by atoms with van der Waals surface area (Å²) >= 11 is 0. The number of hydrogen-bond acceptors (Lipinski definition) is 3. The van der Waals surface area contributed by atoms with Crippen molar-refractivity contribution in [3.8, 4) is 0 Å². The van der Waals surface area contributed by atoms with E-state index in [1.807, 2.05) is 6.92 Å². The number of aromatic amines is 1. The number of carbonyl (C=O) groups excluding carboxylic acids is 1. The molecule has 7 heteroatoms. The molecule has 108 valence electrons. The minimum Gasteiger partial charge on any atom is -0.307 e. The molecule has 2 N–H and O–H groups in total. The zero-order chi connectivity index (χ0) is 15.1. The smallest absolute Gasteiger partial charge is 0.307 e. The second-order valence-corrected chi connectivity index (χ2v) is 4.97. The molecule has 0 aliphatic heterocycles. The van der Waals surface area contributed by atoms with E-state index in [2.05, 4.69) is 15.4 Å². The maximum atomic E-state index is 12.3. The highest BCUT2D eigenvalue weighted by Gasteiger charge is 2.11. The maximum absolute atomic E-state index is 12.3. The summed E-state index contributed by atoms with van der Waals surface area (Å²) in [4.78, 5) is 26.5. The summed E-state index contributed by atoms with van der Waals surface area (Å²) in [6.45, 7) is 1.86. The lowest BCUT2D eigenvalue weighted by Crippen LogP contribution is -2.14. The highest BCUT2D eigenvalue weighted by atomic mass is 16.2. The average Bonchev–Trinajstić information content (AvgIpc) is 2.89. The molecule has 0 atom stereocenters. The summed E-state index contributed by atoms with van der Waals surface area (Å²) in [6, 6.07) is 6.89. The van der Waals surface area contributed by atoms with Crippen LogP contribution >= 0.6 is 0 Å². The minimum absolute atomic E-state index is 0.204. The first-order valence-electron chi connectivity index (χ1n) is 6.46. The molecule has 2 heterocycles. The summed E-state index contributed by atoms with van der Waals surface area (Å²) < 4.78 is 3.11. The molecule has 7 nitrogen and oxygen atoms in total. The summed E-state index contributed by atoms with van der Waals surface area (Å²) in [5, 5.41) is 6.97. The van der Waals surface area contributed by atoms with E-state index in [9.17, 15) is 9.59 Å². The van der Waals surface area contributed by atoms with E-state index in [4.69, 9.17) is 0 Å². The fourth-order valence-corrected chi connectivity index (χ4v) is 2.29. The first kappa shape index (κ1) is 13.2. The second kappa shape index (κ2) is 4.62. The minimum atomic E-state index is -0.246. The number of amides is 1. The molecule has 21 heavy (non-hydrogen) atoms. The number of anilines is 1. The number of fused-ring (bicyclic) bond motifs is 1. The van der Waals surface area contributed by atoms with Gasteiger partial charge < -0.3 is 10.3 Å². The molecule has 3 aromatic rings. The normalized spacial score (nSPS) is 11.0. The number of aromatic nitrogens is 4. The highest BCUT2D eigenvalue weighted by molar-refractivity contribution is 6.05. The van der Waals surface area contributed by atoms with E-state index in [1.54, 1.807) is 43.0 Å². The molecule has 1 amide bonds. The van der Waals surface area contributed by atoms with Crippen molar-refractivity contribution in [1.29, 1.82) is 0 Å². The Morgan fingerprint density at radius 2 is 2.05 bits per heavy atom. The Labute approximate surface area is 120 Å². The average molecular weight is 285 g/mol. The number of nitrogens with one attached hydrogen (secondary N) is 2. The number of imidazole rings is 1. The largest absolute Gasteiger partial charge is 0.326 e. The van der Waals surface area contributed by atoms with Crippen LogP contribution in [0.5, 0.6) is 0 Å². The Morgan fingerprint density at radius 3 is 2.71 bits per heavy atom. The number of benzene rings is 1. The standard InChI is InChI=1S/C14H15N5O2/c1-8-6-12(19(3)17-8)16-13(20)9-4-5-11-10(7-9)15-14(21)18(11)2/h4-7H,1-3H3,(H,15,21)(H,16,20). The van der Waals surface area contributed by atoms with Gasteiger partial charge in [0.1, 0.15) is 5.82 Å². The van der Waals surface area contributed by atoms with Crippen LogP contribution < -0.4 is 11.0 Å². The van der Waals surface area contributed by atoms with Gasteiger partial charge in [0.2, 0.25) is 0 Å². The van der Waals surface area contributed by atoms with Crippen LogP contribution in [-0.2, 0) is 14.1 Å². The topological polar surface area (TPSA) is 84.7 Å². The fraction of sp³-hybridized carbons (Fsp3) is 0.214. The van der Waals surface area contributed by atoms with Gasteiger partial charge in [-0.2, -0.15) is 5.10 Å². The van der Waals surface area contributed by atoms with E-state index in [-0.39, 0.29) is 11.6 Å². The van der Waals surface area contributed by atoms with Gasteiger partial charge in [0, 0.05) is 25.7 Å². The molecule has 2 aromatic heterocycles. The lowest BCUT2D eigenvalue weighted by molar-refractivity contribution is 0.102. The van der Waals surface area contributed by atoms with Crippen molar-refractivity contribution in [1.82, 2.24) is 19.3 Å². The molecule has 0 aliphatic rings. The van der Waals surface area contributed by atoms with Crippen molar-refractivity contribution in [2.75, 3.05) is 5.32 Å². The van der Waals surface area contributed by atoms with Crippen LogP contribution in [0.15, 0.2) is 29.1 Å². The quantitative estimate of drug-likeness (QED) is 0.741. The summed E-state index contributed by atoms with van der Waals surface area (Å²) in [7, 11) is 3.44. The van der Waals surface area contributed by atoms with Gasteiger partial charge >= 0.3 is 5.69 Å². The predicted octanol–water partition coefficient (Wildman–Crippen LogP) is 1.16. The second-order valence-electron chi connectivity index (χ2n) is 4.97. The van der Waals surface area contributed by atoms with Crippen molar-refractivity contribution in [2.24, 2.45) is 14.1 Å². The van der Waals surface area contributed by atoms with Crippen LogP contribution in [0, 0.1) is 6.92 Å². The van der Waals surface area contributed by atoms with E-state index in [0.29, 0.717) is 16.9 Å². The molecule has 3 rings (SSSR count). The first-order chi connectivity index (χ1) is 9.95. The van der Waals surface area contributed by atoms with Gasteiger partial charge in [-0.1, -0.05) is 0 Å². The molecule has 0 saturated carbocycles. The third-order valence-electron chi connectivity index (χ3n) is 3.41. The molecule has 0 fully saturated rings. The van der Waals surface area contributed by atoms with Crippen LogP contribution in [0.1, 0.15) is 16.1 Å². The zero-order valence-electron chi connectivity index (χ0n) is 12.0. The Balaban J connectivity index is 1.94. The van der Waals surface area contributed by atoms with E-state index in [1.165, 1.54) is 4.57 Å². The van der Waals surface area contributed by atoms with Gasteiger partial charge in [0.05, 0.1) is 16.7 Å². The van der Waals surface area contributed by atoms with Crippen molar-refractivity contribution in [3.63, 3.8) is 0 Å². The lowest BCUT2D eigenvalue weighted by atomic mass is 10.2. The lowest BCUT2D eigenvalue weighted by Gasteiger charge is -2.05. The van der Waals surface area contributed by atoms with Gasteiger partial charge in [-0.05, 0) is 25.1 Å². The number of hydrogen-bond donors (Lipinski definition) is 2. The zero-order valence-corrected chi connectivity index (χ0v) is 12.0. The Morgan fingerprint density at radius 1 is 1.29 bits per heavy atom. The molecule has 0 spiro atoms. The van der Waals surface area contributed by atoms with Crippen molar-refractivity contribution in [3.05, 3.63) is 46.0 Å². The van der Waals surface area contributed by atoms with E-state index in [0.717, 1.165) is 11.2 Å². The molecule has 0 radical (unpaired) electrons. The van der Waals surface area contributed by atoms with E-state index < -0.39 is 0 Å². The van der Waals surface area contributed by atoms with Crippen LogP contribution in [0.2, 0.25) is 0 Å². The molecule has 0 unspecified atom stereocenters. The van der Waals surface area contributed by atoms with Gasteiger partial charge in [0.15, 0.2) is 0 Å². The number of rotatable bonds is 2. The third kappa shape index (κ3) is 2.22. The Bertz CT molecular complexity index is 900. The third-order valence-corrected chi connectivity index (χ3v) is 3.41. The Kier molecular flexibility index (Phi) is 2.90. The van der Waals surface area contributed by atoms with Crippen LogP contribution in [0.25, 0.3) is 11.0 Å². The van der Waals surface area contributed by atoms with Crippen LogP contribution in [0.3, 0.4) is 0 Å². The summed E-state index contributed by atoms with van der Waals surface area (Å²) in [5.74, 6) is 0.378. The highest BCUT2D eigenvalue weighted by Crippen LogP contribution is 2.14. The number of H-pyrrole nitrogens is 1. The summed E-state index contributed by atoms with van der Waals surface area (Å²) in [5.41, 5.74) is 2.49. The molecular formula is C14H15N5O2. The van der Waals surface area contributed by atoms with E-state index >= 15 is 0 Å². The Hall–Kier alpha value is -2.83. The molecule has 0 saturated heterocycles. The van der Waals surface area contributed by atoms with Gasteiger partial charge in [0.25, 0.3) is 5.91 Å². The maximum Gasteiger partial charge on any atom is 0.326 e. The SMILES string of the molecule is Cc1cc(NC(=O)c2ccc3c(c2)[nH]c(=O)n3C)n(C)n1. The fourth-order valence-electron chi connectivity index (χ4n) is 2.29. The number of aryl methyl sites for hydroxylation is 3. The molecular weight excluding hydrogens is 270 g/mol. The molecule has 0 bridgehead atoms. The number of nitrogens with zero attached hydrogens (tertiary/aromatic N) is 3. The van der Waals surface area contributed by atoms with Crippen molar-refractivity contribution < 1.29 is 4.79 Å². The number of carbonyl (C=O) groups is 1.